The maximum atomic E-state index is 12.8. The lowest BCUT2D eigenvalue weighted by Crippen LogP contribution is -2.49. The summed E-state index contributed by atoms with van der Waals surface area (Å²) in [6.07, 6.45) is 2.12. The van der Waals surface area contributed by atoms with Crippen LogP contribution in [0.5, 0.6) is 0 Å². The number of hydrogen-bond donors (Lipinski definition) is 0. The van der Waals surface area contributed by atoms with Crippen LogP contribution < -0.4 is 0 Å². The van der Waals surface area contributed by atoms with Crippen molar-refractivity contribution in [2.24, 2.45) is 5.92 Å². The van der Waals surface area contributed by atoms with Crippen molar-refractivity contribution in [2.75, 3.05) is 32.7 Å². The molecule has 142 valence electrons. The van der Waals surface area contributed by atoms with Gasteiger partial charge in [-0.3, -0.25) is 0 Å². The van der Waals surface area contributed by atoms with Crippen LogP contribution in [0.25, 0.3) is 11.7 Å². The van der Waals surface area contributed by atoms with E-state index in [0.29, 0.717) is 36.6 Å². The number of aromatic nitrogens is 2. The quantitative estimate of drug-likeness (QED) is 0.758. The third-order valence-corrected chi connectivity index (χ3v) is 6.48. The van der Waals surface area contributed by atoms with E-state index in [0.717, 1.165) is 32.5 Å². The molecule has 1 aliphatic heterocycles. The number of rotatable bonds is 6. The smallest absolute Gasteiger partial charge is 0.283 e. The molecule has 0 amide bonds. The summed E-state index contributed by atoms with van der Waals surface area (Å²) in [6.45, 7) is 7.73. The molecule has 0 spiro atoms. The number of sulfonamides is 1. The van der Waals surface area contributed by atoms with Crippen LogP contribution in [0.3, 0.4) is 0 Å². The molecule has 0 radical (unpaired) electrons. The zero-order chi connectivity index (χ0) is 18.3. The molecule has 0 bridgehead atoms. The van der Waals surface area contributed by atoms with E-state index >= 15 is 0 Å². The molecule has 3 heterocycles. The van der Waals surface area contributed by atoms with Crippen molar-refractivity contribution in [3.63, 3.8) is 0 Å². The first-order chi connectivity index (χ1) is 12.4. The first kappa shape index (κ1) is 17.7. The van der Waals surface area contributed by atoms with Crippen LogP contribution in [0.2, 0.25) is 0 Å². The van der Waals surface area contributed by atoms with Gasteiger partial charge < -0.3 is 13.7 Å². The fourth-order valence-electron chi connectivity index (χ4n) is 3.20. The second kappa shape index (κ2) is 6.79. The Labute approximate surface area is 153 Å². The number of nitrogens with zero attached hydrogens (tertiary/aromatic N) is 4. The Balaban J connectivity index is 1.45. The van der Waals surface area contributed by atoms with Gasteiger partial charge in [-0.15, -0.1) is 10.2 Å². The van der Waals surface area contributed by atoms with Gasteiger partial charge in [0.15, 0.2) is 5.76 Å². The molecule has 9 heteroatoms. The van der Waals surface area contributed by atoms with E-state index in [1.165, 1.54) is 10.4 Å². The van der Waals surface area contributed by atoms with Crippen LogP contribution >= 0.6 is 0 Å². The van der Waals surface area contributed by atoms with Gasteiger partial charge in [-0.25, -0.2) is 8.42 Å². The van der Waals surface area contributed by atoms with Gasteiger partial charge in [0.1, 0.15) is 0 Å². The van der Waals surface area contributed by atoms with Crippen LogP contribution in [0.15, 0.2) is 26.1 Å². The molecule has 8 nitrogen and oxygen atoms in total. The number of furan rings is 1. The van der Waals surface area contributed by atoms with Crippen LogP contribution in [0.4, 0.5) is 0 Å². The van der Waals surface area contributed by atoms with Crippen molar-refractivity contribution in [2.45, 2.75) is 37.7 Å². The Morgan fingerprint density at radius 2 is 1.85 bits per heavy atom. The van der Waals surface area contributed by atoms with Crippen molar-refractivity contribution in [1.29, 1.82) is 0 Å². The molecule has 0 unspecified atom stereocenters. The summed E-state index contributed by atoms with van der Waals surface area (Å²) in [5.41, 5.74) is 0. The summed E-state index contributed by atoms with van der Waals surface area (Å²) in [7, 11) is -3.65. The lowest BCUT2D eigenvalue weighted by molar-refractivity contribution is 0.171. The van der Waals surface area contributed by atoms with Crippen LogP contribution in [-0.2, 0) is 10.0 Å². The van der Waals surface area contributed by atoms with Gasteiger partial charge in [0.2, 0.25) is 11.0 Å². The second-order valence-electron chi connectivity index (χ2n) is 7.44. The van der Waals surface area contributed by atoms with Gasteiger partial charge >= 0.3 is 0 Å². The molecule has 2 fully saturated rings. The Bertz CT molecular complexity index is 861. The maximum Gasteiger partial charge on any atom is 0.283 e. The van der Waals surface area contributed by atoms with Crippen molar-refractivity contribution in [3.05, 3.63) is 18.0 Å². The van der Waals surface area contributed by atoms with Crippen molar-refractivity contribution < 1.29 is 17.3 Å². The minimum Gasteiger partial charge on any atom is -0.438 e. The Hall–Kier alpha value is -1.71. The molecule has 1 saturated carbocycles. The molecule has 2 aliphatic rings. The van der Waals surface area contributed by atoms with Gasteiger partial charge in [-0.1, -0.05) is 13.8 Å². The van der Waals surface area contributed by atoms with E-state index in [4.69, 9.17) is 8.83 Å². The van der Waals surface area contributed by atoms with E-state index in [1.54, 1.807) is 6.07 Å². The predicted molar refractivity (Wildman–Crippen MR) is 94.0 cm³/mol. The molecular weight excluding hydrogens is 356 g/mol. The predicted octanol–water partition coefficient (Wildman–Crippen LogP) is 2.17. The Morgan fingerprint density at radius 3 is 2.50 bits per heavy atom. The minimum absolute atomic E-state index is 0.0732. The van der Waals surface area contributed by atoms with Crippen molar-refractivity contribution in [3.8, 4) is 11.7 Å². The highest BCUT2D eigenvalue weighted by Gasteiger charge is 2.33. The van der Waals surface area contributed by atoms with E-state index in [9.17, 15) is 8.42 Å². The van der Waals surface area contributed by atoms with Gasteiger partial charge in [0.05, 0.1) is 0 Å². The fraction of sp³-hybridized carbons (Fsp3) is 0.647. The average Bonchev–Trinajstić information content (AvgIpc) is 3.12. The molecule has 26 heavy (non-hydrogen) atoms. The van der Waals surface area contributed by atoms with Crippen LogP contribution in [0, 0.1) is 5.92 Å². The summed E-state index contributed by atoms with van der Waals surface area (Å²) in [5.74, 6) is 2.04. The molecule has 1 aliphatic carbocycles. The standard InChI is InChI=1S/C17H24N4O4S/c1-12(2)11-20-7-9-21(10-8-20)26(22,23)15-6-5-14(24-15)17-19-18-16(25-17)13-3-4-13/h5-6,12-13H,3-4,7-11H2,1-2H3. The normalized spacial score (nSPS) is 20.1. The summed E-state index contributed by atoms with van der Waals surface area (Å²) >= 11 is 0. The SMILES string of the molecule is CC(C)CN1CCN(S(=O)(=O)c2ccc(-c3nnc(C4CC4)o3)o2)CC1. The first-order valence-corrected chi connectivity index (χ1v) is 10.5. The van der Waals surface area contributed by atoms with Crippen molar-refractivity contribution in [1.82, 2.24) is 19.4 Å². The van der Waals surface area contributed by atoms with Gasteiger partial charge in [0.25, 0.3) is 15.9 Å². The topological polar surface area (TPSA) is 92.7 Å². The van der Waals surface area contributed by atoms with Gasteiger partial charge in [-0.05, 0) is 30.9 Å². The first-order valence-electron chi connectivity index (χ1n) is 9.09. The van der Waals surface area contributed by atoms with Gasteiger partial charge in [-0.2, -0.15) is 4.31 Å². The lowest BCUT2D eigenvalue weighted by atomic mass is 10.2. The van der Waals surface area contributed by atoms with Crippen LogP contribution in [0.1, 0.15) is 38.5 Å². The lowest BCUT2D eigenvalue weighted by Gasteiger charge is -2.34. The summed E-state index contributed by atoms with van der Waals surface area (Å²) in [6, 6.07) is 3.04. The van der Waals surface area contributed by atoms with Gasteiger partial charge in [0, 0.05) is 38.6 Å². The largest absolute Gasteiger partial charge is 0.438 e. The highest BCUT2D eigenvalue weighted by atomic mass is 32.2. The average molecular weight is 380 g/mol. The second-order valence-corrected chi connectivity index (χ2v) is 9.31. The summed E-state index contributed by atoms with van der Waals surface area (Å²) < 4.78 is 38.3. The van der Waals surface area contributed by atoms with E-state index in [-0.39, 0.29) is 11.0 Å². The van der Waals surface area contributed by atoms with E-state index in [1.807, 2.05) is 0 Å². The molecule has 1 saturated heterocycles. The number of hydrogen-bond acceptors (Lipinski definition) is 7. The molecule has 0 atom stereocenters. The maximum absolute atomic E-state index is 12.8. The minimum atomic E-state index is -3.65. The Morgan fingerprint density at radius 1 is 1.12 bits per heavy atom. The fourth-order valence-corrected chi connectivity index (χ4v) is 4.53. The molecule has 2 aromatic heterocycles. The zero-order valence-electron chi connectivity index (χ0n) is 15.1. The third kappa shape index (κ3) is 3.56. The third-order valence-electron chi connectivity index (χ3n) is 4.71. The van der Waals surface area contributed by atoms with Crippen LogP contribution in [-0.4, -0.2) is 60.5 Å². The molecule has 4 rings (SSSR count). The molecule has 0 aromatic carbocycles. The monoisotopic (exact) mass is 380 g/mol. The Kier molecular flexibility index (Phi) is 4.62. The molecule has 0 N–H and O–H groups in total. The molecular formula is C17H24N4O4S. The highest BCUT2D eigenvalue weighted by molar-refractivity contribution is 7.89. The van der Waals surface area contributed by atoms with Crippen molar-refractivity contribution >= 4 is 10.0 Å². The summed E-state index contributed by atoms with van der Waals surface area (Å²) in [5, 5.41) is 7.90. The van der Waals surface area contributed by atoms with E-state index < -0.39 is 10.0 Å². The van der Waals surface area contributed by atoms with E-state index in [2.05, 4.69) is 28.9 Å². The highest BCUT2D eigenvalue weighted by Crippen LogP contribution is 2.40. The summed E-state index contributed by atoms with van der Waals surface area (Å²) in [4.78, 5) is 2.29. The number of piperazine rings is 1. The zero-order valence-corrected chi connectivity index (χ0v) is 15.9. The molecule has 2 aromatic rings.